The van der Waals surface area contributed by atoms with E-state index in [1.807, 2.05) is 0 Å². The van der Waals surface area contributed by atoms with Gasteiger partial charge >= 0.3 is 0 Å². The topological polar surface area (TPSA) is 0 Å². The van der Waals surface area contributed by atoms with Crippen LogP contribution in [0.1, 0.15) is 68.1 Å². The Morgan fingerprint density at radius 3 is 1.27 bits per heavy atom. The standard InChI is InChI=1S/C28H34BrP/c29-30-24-16-5-3-1-2-4-15-23-28(25-17-9-6-10-18-25,26-19-11-7-12-20-26)27-21-13-8-14-22-27/h6-14,17-22,30H,1-5,15-16,23-24H2. The number of hydrogen-bond acceptors (Lipinski definition) is 0. The number of benzene rings is 3. The molecule has 0 heterocycles. The maximum atomic E-state index is 3.56. The molecule has 0 bridgehead atoms. The second-order valence-corrected chi connectivity index (χ2v) is 10.6. The highest BCUT2D eigenvalue weighted by molar-refractivity contribution is 9.36. The van der Waals surface area contributed by atoms with E-state index < -0.39 is 0 Å². The number of unbranched alkanes of at least 4 members (excludes halogenated alkanes) is 6. The highest BCUT2D eigenvalue weighted by atomic mass is 79.9. The summed E-state index contributed by atoms with van der Waals surface area (Å²) in [6.45, 7) is 0. The first-order valence-corrected chi connectivity index (χ1v) is 14.8. The molecule has 0 radical (unpaired) electrons. The van der Waals surface area contributed by atoms with Gasteiger partial charge in [0.15, 0.2) is 0 Å². The van der Waals surface area contributed by atoms with Crippen LogP contribution in [0.3, 0.4) is 0 Å². The van der Waals surface area contributed by atoms with Gasteiger partial charge in [-0.1, -0.05) is 152 Å². The molecule has 0 amide bonds. The van der Waals surface area contributed by atoms with E-state index >= 15 is 0 Å². The van der Waals surface area contributed by atoms with Crippen molar-refractivity contribution in [2.45, 2.75) is 56.8 Å². The first-order valence-electron chi connectivity index (χ1n) is 11.4. The second kappa shape index (κ2) is 13.1. The highest BCUT2D eigenvalue weighted by Crippen LogP contribution is 2.43. The Kier molecular flexibility index (Phi) is 10.1. The van der Waals surface area contributed by atoms with Gasteiger partial charge in [-0.25, -0.2) is 0 Å². The molecule has 0 N–H and O–H groups in total. The quantitative estimate of drug-likeness (QED) is 0.130. The van der Waals surface area contributed by atoms with Crippen molar-refractivity contribution < 1.29 is 0 Å². The Morgan fingerprint density at radius 2 is 0.867 bits per heavy atom. The van der Waals surface area contributed by atoms with Gasteiger partial charge in [-0.15, -0.1) is 0 Å². The number of rotatable bonds is 13. The normalized spacial score (nSPS) is 11.9. The van der Waals surface area contributed by atoms with Gasteiger partial charge in [0, 0.05) is 5.41 Å². The van der Waals surface area contributed by atoms with Gasteiger partial charge < -0.3 is 0 Å². The summed E-state index contributed by atoms with van der Waals surface area (Å²) >= 11 is 3.56. The lowest BCUT2D eigenvalue weighted by Crippen LogP contribution is -2.29. The van der Waals surface area contributed by atoms with Crippen molar-refractivity contribution in [3.8, 4) is 0 Å². The zero-order valence-electron chi connectivity index (χ0n) is 17.9. The molecule has 0 aliphatic rings. The molecule has 0 fully saturated rings. The predicted octanol–water partition coefficient (Wildman–Crippen LogP) is 9.13. The Morgan fingerprint density at radius 1 is 0.500 bits per heavy atom. The molecule has 3 aromatic carbocycles. The van der Waals surface area contributed by atoms with Crippen LogP contribution >= 0.6 is 22.8 Å². The lowest BCUT2D eigenvalue weighted by molar-refractivity contribution is 0.497. The number of halogens is 1. The first-order chi connectivity index (χ1) is 14.9. The largest absolute Gasteiger partial charge is 0.0642 e. The van der Waals surface area contributed by atoms with Crippen LogP contribution in [0.2, 0.25) is 0 Å². The molecular weight excluding hydrogens is 447 g/mol. The zero-order chi connectivity index (χ0) is 20.9. The van der Waals surface area contributed by atoms with Crippen LogP contribution in [0.4, 0.5) is 0 Å². The smallest absolute Gasteiger partial charge is 0.0451 e. The predicted molar refractivity (Wildman–Crippen MR) is 138 cm³/mol. The lowest BCUT2D eigenvalue weighted by Gasteiger charge is -2.36. The third kappa shape index (κ3) is 6.29. The van der Waals surface area contributed by atoms with Crippen molar-refractivity contribution in [3.63, 3.8) is 0 Å². The summed E-state index contributed by atoms with van der Waals surface area (Å²) in [7, 11) is 0.934. The second-order valence-electron chi connectivity index (χ2n) is 8.11. The van der Waals surface area contributed by atoms with E-state index in [0.29, 0.717) is 0 Å². The molecule has 0 spiro atoms. The van der Waals surface area contributed by atoms with Crippen molar-refractivity contribution >= 4 is 22.8 Å². The van der Waals surface area contributed by atoms with Crippen molar-refractivity contribution in [1.82, 2.24) is 0 Å². The molecule has 0 saturated carbocycles. The molecule has 2 heteroatoms. The SMILES string of the molecule is BrPCCCCCCCCCC(c1ccccc1)(c1ccccc1)c1ccccc1. The molecule has 0 saturated heterocycles. The summed E-state index contributed by atoms with van der Waals surface area (Å²) in [6, 6.07) is 33.3. The minimum Gasteiger partial charge on any atom is -0.0642 e. The molecule has 0 aliphatic carbocycles. The van der Waals surface area contributed by atoms with E-state index in [1.54, 1.807) is 0 Å². The van der Waals surface area contributed by atoms with Gasteiger partial charge in [0.05, 0.1) is 0 Å². The molecule has 1 unspecified atom stereocenters. The molecule has 158 valence electrons. The maximum Gasteiger partial charge on any atom is 0.0451 e. The van der Waals surface area contributed by atoms with E-state index in [-0.39, 0.29) is 5.41 Å². The van der Waals surface area contributed by atoms with Gasteiger partial charge in [0.1, 0.15) is 0 Å². The van der Waals surface area contributed by atoms with E-state index in [9.17, 15) is 0 Å². The van der Waals surface area contributed by atoms with Crippen molar-refractivity contribution in [3.05, 3.63) is 108 Å². The Hall–Kier alpha value is -1.43. The molecule has 0 aromatic heterocycles. The summed E-state index contributed by atoms with van der Waals surface area (Å²) in [5.41, 5.74) is 4.12. The van der Waals surface area contributed by atoms with Crippen LogP contribution in [-0.4, -0.2) is 6.16 Å². The van der Waals surface area contributed by atoms with Crippen molar-refractivity contribution in [2.75, 3.05) is 6.16 Å². The fraction of sp³-hybridized carbons (Fsp3) is 0.357. The van der Waals surface area contributed by atoms with Crippen LogP contribution in [-0.2, 0) is 5.41 Å². The Balaban J connectivity index is 1.77. The minimum absolute atomic E-state index is 0.0828. The van der Waals surface area contributed by atoms with E-state index in [0.717, 1.165) is 13.7 Å². The Bertz CT molecular complexity index is 720. The summed E-state index contributed by atoms with van der Waals surface area (Å²) in [5, 5.41) is 0. The molecule has 30 heavy (non-hydrogen) atoms. The van der Waals surface area contributed by atoms with Crippen LogP contribution in [0, 0.1) is 0 Å². The zero-order valence-corrected chi connectivity index (χ0v) is 20.5. The molecule has 0 aliphatic heterocycles. The third-order valence-electron chi connectivity index (χ3n) is 6.12. The van der Waals surface area contributed by atoms with Gasteiger partial charge in [0.2, 0.25) is 0 Å². The van der Waals surface area contributed by atoms with Crippen molar-refractivity contribution in [1.29, 1.82) is 0 Å². The fourth-order valence-corrected chi connectivity index (χ4v) is 5.79. The van der Waals surface area contributed by atoms with Gasteiger partial charge in [-0.2, -0.15) is 0 Å². The van der Waals surface area contributed by atoms with E-state index in [2.05, 4.69) is 106 Å². The van der Waals surface area contributed by atoms with E-state index in [4.69, 9.17) is 0 Å². The summed E-state index contributed by atoms with van der Waals surface area (Å²) in [4.78, 5) is 0. The summed E-state index contributed by atoms with van der Waals surface area (Å²) in [6.07, 6.45) is 11.9. The van der Waals surface area contributed by atoms with Gasteiger partial charge in [-0.3, -0.25) is 0 Å². The van der Waals surface area contributed by atoms with Crippen LogP contribution < -0.4 is 0 Å². The number of hydrogen-bond donors (Lipinski definition) is 0. The van der Waals surface area contributed by atoms with Crippen LogP contribution in [0.15, 0.2) is 91.0 Å². The molecule has 1 atom stereocenters. The molecular formula is C28H34BrP. The summed E-state index contributed by atoms with van der Waals surface area (Å²) in [5.74, 6) is 0. The summed E-state index contributed by atoms with van der Waals surface area (Å²) < 4.78 is 0. The molecule has 3 rings (SSSR count). The van der Waals surface area contributed by atoms with Crippen LogP contribution in [0.25, 0.3) is 0 Å². The maximum absolute atomic E-state index is 3.56. The van der Waals surface area contributed by atoms with Crippen molar-refractivity contribution in [2.24, 2.45) is 0 Å². The average Bonchev–Trinajstić information content (AvgIpc) is 2.82. The first kappa shape index (κ1) is 23.2. The van der Waals surface area contributed by atoms with Gasteiger partial charge in [-0.05, 0) is 35.7 Å². The van der Waals surface area contributed by atoms with E-state index in [1.165, 1.54) is 67.8 Å². The molecule has 3 aromatic rings. The minimum atomic E-state index is -0.0828. The Labute approximate surface area is 193 Å². The lowest BCUT2D eigenvalue weighted by atomic mass is 9.66. The third-order valence-corrected chi connectivity index (χ3v) is 7.85. The fourth-order valence-electron chi connectivity index (χ4n) is 4.57. The van der Waals surface area contributed by atoms with Gasteiger partial charge in [0.25, 0.3) is 0 Å². The monoisotopic (exact) mass is 480 g/mol. The van der Waals surface area contributed by atoms with Crippen LogP contribution in [0.5, 0.6) is 0 Å². The average molecular weight is 481 g/mol. The molecule has 0 nitrogen and oxygen atoms in total. The highest BCUT2D eigenvalue weighted by Gasteiger charge is 2.35.